The number of nitrogens with one attached hydrogen (secondary N) is 3. The fraction of sp³-hybridized carbons (Fsp3) is 0.472. The van der Waals surface area contributed by atoms with Gasteiger partial charge in [-0.15, -0.1) is 0 Å². The number of unbranched alkanes of at least 4 members (excludes halogenated alkanes) is 1. The monoisotopic (exact) mass is 637 g/mol. The van der Waals surface area contributed by atoms with Gasteiger partial charge in [-0.05, 0) is 79.8 Å². The zero-order chi connectivity index (χ0) is 32.0. The number of aryl methyl sites for hydroxylation is 1. The minimum atomic E-state index is -4.23. The standard InChI is InChI=1S/C36H45F2N3O3S/c1-3-4-21-36(37,38)29-14-9-17-31(23-29)45(43,44)41-34(26-11-6-5-7-12-26)24-35(42)40-33-18-8-13-28-22-27(19-20-32(28)33)25(2)39-30-15-10-16-30/h5-7,9,11-12,14,17,19-20,22-23,25,30,33-34,39,41H,3-4,8,10,13,15-16,18,21,24H2,1-2H3,(H,40,42)/t25?,33-,34-/m1/s1. The lowest BCUT2D eigenvalue weighted by molar-refractivity contribution is -0.122. The number of alkyl halides is 2. The predicted molar refractivity (Wildman–Crippen MR) is 173 cm³/mol. The molecule has 45 heavy (non-hydrogen) atoms. The molecule has 3 atom stereocenters. The zero-order valence-electron chi connectivity index (χ0n) is 26.2. The summed E-state index contributed by atoms with van der Waals surface area (Å²) in [5.41, 5.74) is 3.87. The molecule has 0 bridgehead atoms. The van der Waals surface area contributed by atoms with Gasteiger partial charge < -0.3 is 10.6 Å². The van der Waals surface area contributed by atoms with Crippen LogP contribution in [0.3, 0.4) is 0 Å². The van der Waals surface area contributed by atoms with E-state index in [0.717, 1.165) is 30.9 Å². The Bertz CT molecular complexity index is 1560. The summed E-state index contributed by atoms with van der Waals surface area (Å²) in [6.07, 6.45) is 6.89. The Kier molecular flexibility index (Phi) is 10.7. The number of sulfonamides is 1. The van der Waals surface area contributed by atoms with E-state index in [9.17, 15) is 22.0 Å². The summed E-state index contributed by atoms with van der Waals surface area (Å²) >= 11 is 0. The Balaban J connectivity index is 1.30. The maximum absolute atomic E-state index is 14.8. The molecule has 3 N–H and O–H groups in total. The van der Waals surface area contributed by atoms with E-state index in [0.29, 0.717) is 24.4 Å². The largest absolute Gasteiger partial charge is 0.349 e. The summed E-state index contributed by atoms with van der Waals surface area (Å²) in [5, 5.41) is 6.87. The van der Waals surface area contributed by atoms with Gasteiger partial charge in [0.1, 0.15) is 0 Å². The van der Waals surface area contributed by atoms with E-state index in [4.69, 9.17) is 0 Å². The Labute approximate surface area is 266 Å². The number of benzene rings is 3. The van der Waals surface area contributed by atoms with Gasteiger partial charge in [-0.3, -0.25) is 4.79 Å². The maximum Gasteiger partial charge on any atom is 0.273 e. The molecule has 9 heteroatoms. The number of hydrogen-bond donors (Lipinski definition) is 3. The first-order chi connectivity index (χ1) is 21.6. The van der Waals surface area contributed by atoms with Gasteiger partial charge in [-0.2, -0.15) is 0 Å². The van der Waals surface area contributed by atoms with Gasteiger partial charge in [0.15, 0.2) is 0 Å². The minimum absolute atomic E-state index is 0.137. The van der Waals surface area contributed by atoms with Crippen molar-refractivity contribution in [2.45, 2.75) is 113 Å². The van der Waals surface area contributed by atoms with Crippen molar-refractivity contribution in [1.82, 2.24) is 15.4 Å². The van der Waals surface area contributed by atoms with Crippen molar-refractivity contribution >= 4 is 15.9 Å². The number of halogens is 2. The lowest BCUT2D eigenvalue weighted by Gasteiger charge is -2.31. The number of fused-ring (bicyclic) bond motifs is 1. The van der Waals surface area contributed by atoms with E-state index < -0.39 is 22.0 Å². The van der Waals surface area contributed by atoms with Crippen LogP contribution in [-0.2, 0) is 27.2 Å². The van der Waals surface area contributed by atoms with E-state index in [2.05, 4.69) is 40.5 Å². The second-order valence-electron chi connectivity index (χ2n) is 12.6. The maximum atomic E-state index is 14.8. The van der Waals surface area contributed by atoms with Crippen molar-refractivity contribution in [2.24, 2.45) is 0 Å². The van der Waals surface area contributed by atoms with Crippen LogP contribution >= 0.6 is 0 Å². The van der Waals surface area contributed by atoms with Gasteiger partial charge in [0.05, 0.1) is 17.0 Å². The zero-order valence-corrected chi connectivity index (χ0v) is 27.0. The third-order valence-corrected chi connectivity index (χ3v) is 10.7. The molecule has 242 valence electrons. The molecule has 0 saturated heterocycles. The summed E-state index contributed by atoms with van der Waals surface area (Å²) < 4.78 is 59.3. The number of amides is 1. The first kappa shape index (κ1) is 33.2. The van der Waals surface area contributed by atoms with Crippen LogP contribution < -0.4 is 15.4 Å². The third kappa shape index (κ3) is 8.37. The molecule has 0 spiro atoms. The molecule has 1 amide bonds. The Morgan fingerprint density at radius 2 is 1.73 bits per heavy atom. The number of hydrogen-bond acceptors (Lipinski definition) is 4. The Morgan fingerprint density at radius 3 is 2.44 bits per heavy atom. The SMILES string of the molecule is CCCCC(F)(F)c1cccc(S(=O)(=O)N[C@H](CC(=O)N[C@@H]2CCCc3cc(C(C)NC4CCC4)ccc32)c2ccccc2)c1. The van der Waals surface area contributed by atoms with Crippen molar-refractivity contribution in [3.63, 3.8) is 0 Å². The summed E-state index contributed by atoms with van der Waals surface area (Å²) in [5.74, 6) is -3.42. The van der Waals surface area contributed by atoms with E-state index in [1.165, 1.54) is 48.6 Å². The fourth-order valence-corrected chi connectivity index (χ4v) is 7.59. The van der Waals surface area contributed by atoms with Crippen LogP contribution in [0.4, 0.5) is 8.78 Å². The molecule has 2 aliphatic rings. The molecule has 0 heterocycles. The van der Waals surface area contributed by atoms with Gasteiger partial charge in [0.2, 0.25) is 15.9 Å². The molecule has 0 radical (unpaired) electrons. The van der Waals surface area contributed by atoms with Crippen LogP contribution in [0.25, 0.3) is 0 Å². The predicted octanol–water partition coefficient (Wildman–Crippen LogP) is 7.78. The second-order valence-corrected chi connectivity index (χ2v) is 14.3. The first-order valence-electron chi connectivity index (χ1n) is 16.3. The van der Waals surface area contributed by atoms with Crippen LogP contribution in [0.5, 0.6) is 0 Å². The number of carbonyl (C=O) groups excluding carboxylic acids is 1. The van der Waals surface area contributed by atoms with Crippen LogP contribution in [0.2, 0.25) is 0 Å². The summed E-state index contributed by atoms with van der Waals surface area (Å²) in [7, 11) is -4.23. The van der Waals surface area contributed by atoms with Crippen molar-refractivity contribution < 1.29 is 22.0 Å². The molecule has 0 aliphatic heterocycles. The quantitative estimate of drug-likeness (QED) is 0.169. The molecule has 3 aromatic carbocycles. The van der Waals surface area contributed by atoms with Crippen molar-refractivity contribution in [3.8, 4) is 0 Å². The Hall–Kier alpha value is -3.14. The molecular formula is C36H45F2N3O3S. The van der Waals surface area contributed by atoms with E-state index in [-0.39, 0.29) is 41.3 Å². The highest BCUT2D eigenvalue weighted by Gasteiger charge is 2.33. The lowest BCUT2D eigenvalue weighted by Crippen LogP contribution is -2.37. The van der Waals surface area contributed by atoms with Gasteiger partial charge in [0, 0.05) is 30.5 Å². The van der Waals surface area contributed by atoms with Gasteiger partial charge >= 0.3 is 0 Å². The molecule has 1 saturated carbocycles. The molecule has 0 aromatic heterocycles. The molecule has 3 aromatic rings. The molecule has 2 aliphatic carbocycles. The van der Waals surface area contributed by atoms with Crippen molar-refractivity contribution in [1.29, 1.82) is 0 Å². The normalized spacial score (nSPS) is 18.4. The van der Waals surface area contributed by atoms with Crippen molar-refractivity contribution in [2.75, 3.05) is 0 Å². The second kappa shape index (κ2) is 14.5. The average molecular weight is 638 g/mol. The molecule has 5 rings (SSSR count). The van der Waals surface area contributed by atoms with Crippen molar-refractivity contribution in [3.05, 3.63) is 101 Å². The average Bonchev–Trinajstić information content (AvgIpc) is 3.01. The Morgan fingerprint density at radius 1 is 0.956 bits per heavy atom. The summed E-state index contributed by atoms with van der Waals surface area (Å²) in [6.45, 7) is 4.03. The number of rotatable bonds is 14. The van der Waals surface area contributed by atoms with Gasteiger partial charge in [-0.1, -0.05) is 80.4 Å². The molecule has 1 fully saturated rings. The smallest absolute Gasteiger partial charge is 0.273 e. The van der Waals surface area contributed by atoms with Crippen LogP contribution in [0, 0.1) is 0 Å². The summed E-state index contributed by atoms with van der Waals surface area (Å²) in [6, 6.07) is 20.1. The fourth-order valence-electron chi connectivity index (χ4n) is 6.32. The van der Waals surface area contributed by atoms with E-state index in [1.54, 1.807) is 24.3 Å². The summed E-state index contributed by atoms with van der Waals surface area (Å²) in [4.78, 5) is 13.2. The minimum Gasteiger partial charge on any atom is -0.349 e. The highest BCUT2D eigenvalue weighted by Crippen LogP contribution is 2.35. The highest BCUT2D eigenvalue weighted by atomic mass is 32.2. The first-order valence-corrected chi connectivity index (χ1v) is 17.8. The van der Waals surface area contributed by atoms with Crippen LogP contribution in [0.15, 0.2) is 77.7 Å². The third-order valence-electron chi connectivity index (χ3n) is 9.21. The van der Waals surface area contributed by atoms with Crippen LogP contribution in [-0.4, -0.2) is 20.4 Å². The molecule has 6 nitrogen and oxygen atoms in total. The van der Waals surface area contributed by atoms with Crippen LogP contribution in [0.1, 0.15) is 118 Å². The van der Waals surface area contributed by atoms with Gasteiger partial charge in [-0.25, -0.2) is 21.9 Å². The molecule has 1 unspecified atom stereocenters. The van der Waals surface area contributed by atoms with E-state index >= 15 is 0 Å². The molecular weight excluding hydrogens is 592 g/mol. The van der Waals surface area contributed by atoms with Gasteiger partial charge in [0.25, 0.3) is 5.92 Å². The van der Waals surface area contributed by atoms with E-state index in [1.807, 2.05) is 13.0 Å². The highest BCUT2D eigenvalue weighted by molar-refractivity contribution is 7.89. The number of carbonyl (C=O) groups is 1. The topological polar surface area (TPSA) is 87.3 Å². The lowest BCUT2D eigenvalue weighted by atomic mass is 9.85.